The molecule has 1 fully saturated rings. The second-order valence-electron chi connectivity index (χ2n) is 4.66. The lowest BCUT2D eigenvalue weighted by molar-refractivity contribution is 1.09. The average Bonchev–Trinajstić information content (AvgIpc) is 2.94. The topological polar surface area (TPSA) is 25.8 Å². The van der Waals surface area contributed by atoms with E-state index in [1.54, 1.807) is 11.3 Å². The van der Waals surface area contributed by atoms with Gasteiger partial charge in [0.25, 0.3) is 0 Å². The van der Waals surface area contributed by atoms with E-state index in [9.17, 15) is 0 Å². The fourth-order valence-electron chi connectivity index (χ4n) is 2.23. The molecule has 2 nitrogen and oxygen atoms in total. The van der Waals surface area contributed by atoms with Gasteiger partial charge in [0.1, 0.15) is 16.9 Å². The van der Waals surface area contributed by atoms with Crippen LogP contribution in [0.1, 0.15) is 29.5 Å². The number of hydrogen-bond donors (Lipinski definition) is 0. The lowest BCUT2D eigenvalue weighted by Crippen LogP contribution is -1.85. The molecule has 1 aliphatic rings. The van der Waals surface area contributed by atoms with Crippen molar-refractivity contribution >= 4 is 32.9 Å². The molecule has 89 valence electrons. The van der Waals surface area contributed by atoms with Crippen LogP contribution in [-0.2, 0) is 0 Å². The van der Waals surface area contributed by atoms with Gasteiger partial charge in [-0.2, -0.15) is 0 Å². The third-order valence-electron chi connectivity index (χ3n) is 3.23. The van der Waals surface area contributed by atoms with Gasteiger partial charge < -0.3 is 0 Å². The van der Waals surface area contributed by atoms with Crippen molar-refractivity contribution in [3.8, 4) is 10.4 Å². The zero-order chi connectivity index (χ0) is 12.1. The maximum atomic E-state index is 4.56. The first-order valence-corrected chi connectivity index (χ1v) is 7.75. The van der Waals surface area contributed by atoms with Gasteiger partial charge in [-0.15, -0.1) is 22.7 Å². The molecule has 1 radical (unpaired) electrons. The third-order valence-corrected chi connectivity index (χ3v) is 5.36. The van der Waals surface area contributed by atoms with Gasteiger partial charge in [-0.3, -0.25) is 0 Å². The highest BCUT2D eigenvalue weighted by atomic mass is 32.1. The predicted octanol–water partition coefficient (Wildman–Crippen LogP) is 4.41. The van der Waals surface area contributed by atoms with Crippen LogP contribution in [0.15, 0.2) is 17.5 Å². The molecular weight excluding hydrogens is 260 g/mol. The Morgan fingerprint density at radius 1 is 1.39 bits per heavy atom. The van der Waals surface area contributed by atoms with E-state index in [1.807, 2.05) is 18.3 Å². The number of hydrogen-bond acceptors (Lipinski definition) is 4. The van der Waals surface area contributed by atoms with E-state index < -0.39 is 0 Å². The van der Waals surface area contributed by atoms with E-state index in [0.717, 1.165) is 22.0 Å². The van der Waals surface area contributed by atoms with Crippen LogP contribution in [0.5, 0.6) is 0 Å². The molecule has 0 amide bonds. The smallest absolute Gasteiger partial charge is 0.128 e. The Balaban J connectivity index is 2.05. The second-order valence-corrected chi connectivity index (χ2v) is 6.63. The van der Waals surface area contributed by atoms with Gasteiger partial charge >= 0.3 is 0 Å². The summed E-state index contributed by atoms with van der Waals surface area (Å²) in [5.74, 6) is 1.55. The van der Waals surface area contributed by atoms with Crippen molar-refractivity contribution in [2.24, 2.45) is 0 Å². The molecule has 0 spiro atoms. The van der Waals surface area contributed by atoms with Gasteiger partial charge in [0.2, 0.25) is 0 Å². The van der Waals surface area contributed by atoms with E-state index in [1.165, 1.54) is 28.2 Å². The first kappa shape index (κ1) is 10.6. The Labute approximate surface area is 113 Å². The Morgan fingerprint density at radius 3 is 3.00 bits per heavy atom. The SMILES string of the molecule is Cc1n[c]c2c(-c3cccs3)c(C3CC3)sc2n1. The summed E-state index contributed by atoms with van der Waals surface area (Å²) in [4.78, 5) is 12.7. The van der Waals surface area contributed by atoms with Crippen molar-refractivity contribution in [2.75, 3.05) is 0 Å². The Kier molecular flexibility index (Phi) is 2.29. The highest BCUT2D eigenvalue weighted by molar-refractivity contribution is 7.20. The predicted molar refractivity (Wildman–Crippen MR) is 76.3 cm³/mol. The van der Waals surface area contributed by atoms with Gasteiger partial charge in [-0.1, -0.05) is 6.07 Å². The molecule has 0 aromatic carbocycles. The molecule has 3 aromatic rings. The molecule has 0 aliphatic heterocycles. The van der Waals surface area contributed by atoms with Crippen LogP contribution >= 0.6 is 22.7 Å². The minimum absolute atomic E-state index is 0.745. The Bertz CT molecular complexity index is 709. The van der Waals surface area contributed by atoms with Crippen molar-refractivity contribution in [1.82, 2.24) is 9.97 Å². The highest BCUT2D eigenvalue weighted by Gasteiger charge is 2.30. The van der Waals surface area contributed by atoms with E-state index >= 15 is 0 Å². The molecule has 1 saturated carbocycles. The van der Waals surface area contributed by atoms with E-state index in [-0.39, 0.29) is 0 Å². The van der Waals surface area contributed by atoms with Gasteiger partial charge in [0.15, 0.2) is 0 Å². The fraction of sp³-hybridized carbons (Fsp3) is 0.286. The quantitative estimate of drug-likeness (QED) is 0.690. The lowest BCUT2D eigenvalue weighted by Gasteiger charge is -1.99. The summed E-state index contributed by atoms with van der Waals surface area (Å²) in [5.41, 5.74) is 1.34. The van der Waals surface area contributed by atoms with Crippen molar-refractivity contribution < 1.29 is 0 Å². The van der Waals surface area contributed by atoms with Crippen LogP contribution in [0.2, 0.25) is 0 Å². The van der Waals surface area contributed by atoms with Crippen LogP contribution < -0.4 is 0 Å². The standard InChI is InChI=1S/C14H11N2S2/c1-8-15-7-10-12(11-3-2-6-17-11)13(9-4-5-9)18-14(10)16-8/h2-3,6,9H,4-5H2,1H3. The van der Waals surface area contributed by atoms with Gasteiger partial charge in [0.05, 0.1) is 0 Å². The van der Waals surface area contributed by atoms with E-state index in [0.29, 0.717) is 0 Å². The number of rotatable bonds is 2. The van der Waals surface area contributed by atoms with E-state index in [2.05, 4.69) is 33.7 Å². The molecule has 0 unspecified atom stereocenters. The van der Waals surface area contributed by atoms with Crippen molar-refractivity contribution in [2.45, 2.75) is 25.7 Å². The van der Waals surface area contributed by atoms with Crippen molar-refractivity contribution in [1.29, 1.82) is 0 Å². The molecule has 3 heterocycles. The molecule has 3 aromatic heterocycles. The number of nitrogens with zero attached hydrogens (tertiary/aromatic N) is 2. The lowest BCUT2D eigenvalue weighted by atomic mass is 10.1. The Hall–Kier alpha value is -1.26. The second kappa shape index (κ2) is 3.87. The molecule has 0 N–H and O–H groups in total. The fourth-order valence-corrected chi connectivity index (χ4v) is 4.43. The van der Waals surface area contributed by atoms with E-state index in [4.69, 9.17) is 0 Å². The van der Waals surface area contributed by atoms with Crippen molar-refractivity contribution in [3.05, 3.63) is 34.4 Å². The highest BCUT2D eigenvalue weighted by Crippen LogP contribution is 2.51. The van der Waals surface area contributed by atoms with Crippen LogP contribution in [0.25, 0.3) is 20.7 Å². The summed E-state index contributed by atoms with van der Waals surface area (Å²) in [7, 11) is 0. The molecule has 1 aliphatic carbocycles. The zero-order valence-electron chi connectivity index (χ0n) is 9.93. The Morgan fingerprint density at radius 2 is 2.28 bits per heavy atom. The first-order chi connectivity index (χ1) is 8.83. The maximum Gasteiger partial charge on any atom is 0.128 e. The largest absolute Gasteiger partial charge is 0.231 e. The molecular formula is C14H11N2S2. The van der Waals surface area contributed by atoms with Crippen LogP contribution in [0, 0.1) is 13.1 Å². The summed E-state index contributed by atoms with van der Waals surface area (Å²) in [5, 5.41) is 3.24. The van der Waals surface area contributed by atoms with Crippen LogP contribution in [-0.4, -0.2) is 9.97 Å². The monoisotopic (exact) mass is 271 g/mol. The summed E-state index contributed by atoms with van der Waals surface area (Å²) >= 11 is 3.62. The third kappa shape index (κ3) is 1.60. The van der Waals surface area contributed by atoms with Gasteiger partial charge in [0, 0.05) is 20.7 Å². The van der Waals surface area contributed by atoms with Gasteiger partial charge in [-0.25, -0.2) is 9.97 Å². The molecule has 18 heavy (non-hydrogen) atoms. The number of aromatic nitrogens is 2. The molecule has 0 bridgehead atoms. The molecule has 0 saturated heterocycles. The average molecular weight is 271 g/mol. The summed E-state index contributed by atoms with van der Waals surface area (Å²) < 4.78 is 0. The minimum Gasteiger partial charge on any atom is -0.231 e. The number of aryl methyl sites for hydroxylation is 1. The first-order valence-electron chi connectivity index (χ1n) is 6.05. The van der Waals surface area contributed by atoms with Crippen LogP contribution in [0.3, 0.4) is 0 Å². The minimum atomic E-state index is 0.745. The summed E-state index contributed by atoms with van der Waals surface area (Å²) in [6.45, 7) is 1.93. The number of thiophene rings is 2. The number of fused-ring (bicyclic) bond motifs is 1. The molecule has 0 atom stereocenters. The van der Waals surface area contributed by atoms with Crippen molar-refractivity contribution in [3.63, 3.8) is 0 Å². The maximum absolute atomic E-state index is 4.56. The van der Waals surface area contributed by atoms with Crippen LogP contribution in [0.4, 0.5) is 0 Å². The summed E-state index contributed by atoms with van der Waals surface area (Å²) in [6.07, 6.45) is 5.82. The normalized spacial score (nSPS) is 15.4. The molecule has 4 heteroatoms. The van der Waals surface area contributed by atoms with Gasteiger partial charge in [-0.05, 0) is 37.1 Å². The molecule has 4 rings (SSSR count). The zero-order valence-corrected chi connectivity index (χ0v) is 11.6. The summed E-state index contributed by atoms with van der Waals surface area (Å²) in [6, 6.07) is 4.29.